The van der Waals surface area contributed by atoms with E-state index >= 15 is 0 Å². The Labute approximate surface area is 123 Å². The zero-order chi connectivity index (χ0) is 14.0. The molecular weight excluding hydrogens is 314 g/mol. The molecule has 1 aromatic carbocycles. The van der Waals surface area contributed by atoms with Gasteiger partial charge in [0.2, 0.25) is 0 Å². The van der Waals surface area contributed by atoms with Crippen LogP contribution in [0.5, 0.6) is 0 Å². The van der Waals surface area contributed by atoms with Crippen LogP contribution in [-0.2, 0) is 0 Å². The molecule has 1 N–H and O–H groups in total. The van der Waals surface area contributed by atoms with Gasteiger partial charge in [-0.1, -0.05) is 40.9 Å². The highest BCUT2D eigenvalue weighted by atomic mass is 35.5. The van der Waals surface area contributed by atoms with Crippen molar-refractivity contribution in [3.8, 4) is 0 Å². The summed E-state index contributed by atoms with van der Waals surface area (Å²) >= 11 is 17.1. The molecule has 0 spiro atoms. The highest BCUT2D eigenvalue weighted by molar-refractivity contribution is 6.35. The van der Waals surface area contributed by atoms with Gasteiger partial charge in [0.05, 0.1) is 21.3 Å². The third kappa shape index (κ3) is 3.15. The molecule has 0 saturated heterocycles. The second kappa shape index (κ2) is 5.74. The van der Waals surface area contributed by atoms with Crippen LogP contribution < -0.4 is 5.32 Å². The van der Waals surface area contributed by atoms with Gasteiger partial charge in [-0.3, -0.25) is 4.79 Å². The summed E-state index contributed by atoms with van der Waals surface area (Å²) in [6, 6.07) is 5.57. The summed E-state index contributed by atoms with van der Waals surface area (Å²) < 4.78 is 13.6. The van der Waals surface area contributed by atoms with Crippen LogP contribution in [-0.4, -0.2) is 10.9 Å². The Morgan fingerprint density at radius 1 is 1.21 bits per heavy atom. The third-order valence-corrected chi connectivity index (χ3v) is 3.07. The first kappa shape index (κ1) is 14.1. The number of rotatable bonds is 2. The van der Waals surface area contributed by atoms with Crippen molar-refractivity contribution in [1.29, 1.82) is 0 Å². The number of hydrogen-bond acceptors (Lipinski definition) is 2. The van der Waals surface area contributed by atoms with E-state index in [9.17, 15) is 9.18 Å². The first-order valence-electron chi connectivity index (χ1n) is 5.05. The molecule has 1 heterocycles. The third-order valence-electron chi connectivity index (χ3n) is 2.27. The van der Waals surface area contributed by atoms with E-state index in [1.807, 2.05) is 0 Å². The van der Waals surface area contributed by atoms with E-state index in [-0.39, 0.29) is 26.4 Å². The Hall–Kier alpha value is -1.36. The Balaban J connectivity index is 2.31. The molecule has 98 valence electrons. The van der Waals surface area contributed by atoms with Gasteiger partial charge >= 0.3 is 0 Å². The molecule has 19 heavy (non-hydrogen) atoms. The Bertz CT molecular complexity index is 649. The lowest BCUT2D eigenvalue weighted by atomic mass is 10.2. The first-order valence-corrected chi connectivity index (χ1v) is 6.19. The molecule has 2 aromatic rings. The van der Waals surface area contributed by atoms with E-state index in [4.69, 9.17) is 34.8 Å². The van der Waals surface area contributed by atoms with Crippen molar-refractivity contribution in [2.45, 2.75) is 0 Å². The Kier molecular flexibility index (Phi) is 4.24. The molecule has 3 nitrogen and oxygen atoms in total. The molecule has 0 aliphatic carbocycles. The second-order valence-electron chi connectivity index (χ2n) is 3.54. The maximum absolute atomic E-state index is 13.6. The molecule has 1 aromatic heterocycles. The lowest BCUT2D eigenvalue weighted by Gasteiger charge is -2.08. The number of nitrogens with one attached hydrogen (secondary N) is 1. The number of carbonyl (C=O) groups excluding carboxylic acids is 1. The van der Waals surface area contributed by atoms with E-state index < -0.39 is 11.7 Å². The molecule has 0 saturated carbocycles. The number of amides is 1. The smallest absolute Gasteiger partial charge is 0.257 e. The molecule has 0 unspecified atom stereocenters. The normalized spacial score (nSPS) is 10.3. The van der Waals surface area contributed by atoms with Crippen molar-refractivity contribution in [1.82, 2.24) is 4.98 Å². The van der Waals surface area contributed by atoms with Crippen molar-refractivity contribution < 1.29 is 9.18 Å². The number of aromatic nitrogens is 1. The van der Waals surface area contributed by atoms with Crippen LogP contribution in [0.3, 0.4) is 0 Å². The SMILES string of the molecule is O=C(Nc1cccc(Cl)c1F)c1cc(Cl)ncc1Cl. The average Bonchev–Trinajstić information content (AvgIpc) is 2.38. The number of benzene rings is 1. The number of hydrogen-bond donors (Lipinski definition) is 1. The monoisotopic (exact) mass is 318 g/mol. The summed E-state index contributed by atoms with van der Waals surface area (Å²) in [5.74, 6) is -1.32. The summed E-state index contributed by atoms with van der Waals surface area (Å²) in [4.78, 5) is 15.7. The summed E-state index contributed by atoms with van der Waals surface area (Å²) in [5, 5.41) is 2.51. The van der Waals surface area contributed by atoms with Crippen LogP contribution in [0.15, 0.2) is 30.5 Å². The van der Waals surface area contributed by atoms with Crippen LogP contribution in [0.4, 0.5) is 10.1 Å². The lowest BCUT2D eigenvalue weighted by molar-refractivity contribution is 0.102. The molecule has 0 radical (unpaired) electrons. The van der Waals surface area contributed by atoms with Crippen molar-refractivity contribution in [2.75, 3.05) is 5.32 Å². The van der Waals surface area contributed by atoms with Gasteiger partial charge in [-0.15, -0.1) is 0 Å². The number of anilines is 1. The summed E-state index contributed by atoms with van der Waals surface area (Å²) in [6.07, 6.45) is 1.24. The van der Waals surface area contributed by atoms with Crippen LogP contribution in [0.1, 0.15) is 10.4 Å². The Morgan fingerprint density at radius 3 is 2.68 bits per heavy atom. The molecule has 1 amide bonds. The van der Waals surface area contributed by atoms with Gasteiger partial charge in [0, 0.05) is 6.20 Å². The van der Waals surface area contributed by atoms with E-state index in [0.29, 0.717) is 0 Å². The van der Waals surface area contributed by atoms with Crippen molar-refractivity contribution in [3.05, 3.63) is 57.0 Å². The summed E-state index contributed by atoms with van der Waals surface area (Å²) in [6.45, 7) is 0. The predicted octanol–water partition coefficient (Wildman–Crippen LogP) is 4.43. The maximum atomic E-state index is 13.6. The van der Waals surface area contributed by atoms with Gasteiger partial charge in [0.1, 0.15) is 5.15 Å². The lowest BCUT2D eigenvalue weighted by Crippen LogP contribution is -2.14. The van der Waals surface area contributed by atoms with Crippen LogP contribution in [0.25, 0.3) is 0 Å². The highest BCUT2D eigenvalue weighted by Crippen LogP contribution is 2.24. The fourth-order valence-corrected chi connectivity index (χ4v) is 1.90. The topological polar surface area (TPSA) is 42.0 Å². The van der Waals surface area contributed by atoms with Gasteiger partial charge in [-0.25, -0.2) is 9.37 Å². The van der Waals surface area contributed by atoms with Crippen molar-refractivity contribution in [2.24, 2.45) is 0 Å². The number of pyridine rings is 1. The van der Waals surface area contributed by atoms with Crippen LogP contribution >= 0.6 is 34.8 Å². The van der Waals surface area contributed by atoms with Gasteiger partial charge in [0.25, 0.3) is 5.91 Å². The largest absolute Gasteiger partial charge is 0.319 e. The first-order chi connectivity index (χ1) is 8.99. The summed E-state index contributed by atoms with van der Waals surface area (Å²) in [5.41, 5.74) is 0.0579. The molecule has 0 atom stereocenters. The molecule has 0 fully saturated rings. The number of carbonyl (C=O) groups is 1. The van der Waals surface area contributed by atoms with Crippen molar-refractivity contribution >= 4 is 46.4 Å². The van der Waals surface area contributed by atoms with E-state index in [2.05, 4.69) is 10.3 Å². The standard InChI is InChI=1S/C12H6Cl3FN2O/c13-7-2-1-3-9(11(7)16)18-12(19)6-4-10(15)17-5-8(6)14/h1-5H,(H,18,19). The molecular formula is C12H6Cl3FN2O. The van der Waals surface area contributed by atoms with E-state index in [0.717, 1.165) is 0 Å². The predicted molar refractivity (Wildman–Crippen MR) is 73.6 cm³/mol. The van der Waals surface area contributed by atoms with Crippen molar-refractivity contribution in [3.63, 3.8) is 0 Å². The highest BCUT2D eigenvalue weighted by Gasteiger charge is 2.14. The number of nitrogens with zero attached hydrogens (tertiary/aromatic N) is 1. The average molecular weight is 320 g/mol. The second-order valence-corrected chi connectivity index (χ2v) is 4.74. The van der Waals surface area contributed by atoms with Gasteiger partial charge < -0.3 is 5.32 Å². The minimum absolute atomic E-state index is 0.0403. The van der Waals surface area contributed by atoms with Gasteiger partial charge in [-0.2, -0.15) is 0 Å². The van der Waals surface area contributed by atoms with E-state index in [1.54, 1.807) is 0 Å². The molecule has 0 aliphatic heterocycles. The summed E-state index contributed by atoms with van der Waals surface area (Å²) in [7, 11) is 0. The molecule has 0 aliphatic rings. The van der Waals surface area contributed by atoms with Gasteiger partial charge in [0.15, 0.2) is 5.82 Å². The van der Waals surface area contributed by atoms with Gasteiger partial charge in [-0.05, 0) is 18.2 Å². The quantitative estimate of drug-likeness (QED) is 0.832. The fraction of sp³-hybridized carbons (Fsp3) is 0. The maximum Gasteiger partial charge on any atom is 0.257 e. The van der Waals surface area contributed by atoms with Crippen LogP contribution in [0.2, 0.25) is 15.2 Å². The fourth-order valence-electron chi connectivity index (χ4n) is 1.38. The zero-order valence-electron chi connectivity index (χ0n) is 9.25. The molecule has 7 heteroatoms. The molecule has 2 rings (SSSR count). The van der Waals surface area contributed by atoms with E-state index in [1.165, 1.54) is 30.5 Å². The number of halogens is 4. The molecule has 0 bridgehead atoms. The minimum atomic E-state index is -0.714. The van der Waals surface area contributed by atoms with Crippen LogP contribution in [0, 0.1) is 5.82 Å². The zero-order valence-corrected chi connectivity index (χ0v) is 11.5. The minimum Gasteiger partial charge on any atom is -0.319 e. The Morgan fingerprint density at radius 2 is 1.95 bits per heavy atom.